The van der Waals surface area contributed by atoms with E-state index in [-0.39, 0.29) is 5.91 Å². The van der Waals surface area contributed by atoms with Crippen LogP contribution in [0.5, 0.6) is 0 Å². The Hall–Kier alpha value is -2.86. The Morgan fingerprint density at radius 1 is 1.11 bits per heavy atom. The van der Waals surface area contributed by atoms with Gasteiger partial charge in [-0.15, -0.1) is 16.8 Å². The van der Waals surface area contributed by atoms with Crippen molar-refractivity contribution < 1.29 is 4.79 Å². The number of aromatic nitrogens is 3. The molecule has 0 fully saturated rings. The molecule has 0 aliphatic rings. The standard InChI is InChI=1S/C21H22N4OS/c1-4-15-25-19(17-13-9-6-10-14-17)22-23-21(25)27-18(20(26)24(2)3)16-11-7-5-8-12-16/h4-14,18H,1,15H2,2-3H3/t18-/m0/s1. The van der Waals surface area contributed by atoms with Gasteiger partial charge in [-0.1, -0.05) is 78.5 Å². The molecule has 0 saturated carbocycles. The highest BCUT2D eigenvalue weighted by molar-refractivity contribution is 8.00. The topological polar surface area (TPSA) is 51.0 Å². The third kappa shape index (κ3) is 4.28. The fraction of sp³-hybridized carbons (Fsp3) is 0.190. The Kier molecular flexibility index (Phi) is 6.08. The van der Waals surface area contributed by atoms with E-state index < -0.39 is 5.25 Å². The molecule has 1 atom stereocenters. The van der Waals surface area contributed by atoms with Gasteiger partial charge >= 0.3 is 0 Å². The normalized spacial score (nSPS) is 11.8. The summed E-state index contributed by atoms with van der Waals surface area (Å²) in [5.41, 5.74) is 1.92. The number of amides is 1. The Morgan fingerprint density at radius 3 is 2.33 bits per heavy atom. The van der Waals surface area contributed by atoms with Crippen LogP contribution in [0.2, 0.25) is 0 Å². The first kappa shape index (κ1) is 18.9. The lowest BCUT2D eigenvalue weighted by molar-refractivity contribution is -0.128. The maximum Gasteiger partial charge on any atom is 0.240 e. The molecule has 0 aliphatic carbocycles. The monoisotopic (exact) mass is 378 g/mol. The highest BCUT2D eigenvalue weighted by Crippen LogP contribution is 2.36. The van der Waals surface area contributed by atoms with Gasteiger partial charge in [-0.3, -0.25) is 9.36 Å². The molecule has 27 heavy (non-hydrogen) atoms. The number of carbonyl (C=O) groups excluding carboxylic acids is 1. The smallest absolute Gasteiger partial charge is 0.240 e. The van der Waals surface area contributed by atoms with Crippen molar-refractivity contribution in [2.45, 2.75) is 17.0 Å². The van der Waals surface area contributed by atoms with Crippen LogP contribution in [0, 0.1) is 0 Å². The number of hydrogen-bond donors (Lipinski definition) is 0. The van der Waals surface area contributed by atoms with Gasteiger partial charge < -0.3 is 4.90 Å². The molecule has 0 aliphatic heterocycles. The Bertz CT molecular complexity index is 906. The van der Waals surface area contributed by atoms with E-state index in [1.54, 1.807) is 19.0 Å². The van der Waals surface area contributed by atoms with E-state index in [4.69, 9.17) is 0 Å². The third-order valence-electron chi connectivity index (χ3n) is 4.05. The van der Waals surface area contributed by atoms with Crippen molar-refractivity contribution in [1.82, 2.24) is 19.7 Å². The molecule has 3 aromatic rings. The Labute approximate surface area is 163 Å². The third-order valence-corrected chi connectivity index (χ3v) is 5.27. The lowest BCUT2D eigenvalue weighted by Crippen LogP contribution is -2.27. The summed E-state index contributed by atoms with van der Waals surface area (Å²) in [5, 5.41) is 9.05. The molecule has 1 aromatic heterocycles. The van der Waals surface area contributed by atoms with E-state index in [1.165, 1.54) is 11.8 Å². The Balaban J connectivity index is 2.00. The number of rotatable bonds is 7. The molecule has 2 aromatic carbocycles. The van der Waals surface area contributed by atoms with Crippen LogP contribution in [0.25, 0.3) is 11.4 Å². The molecule has 0 unspecified atom stereocenters. The summed E-state index contributed by atoms with van der Waals surface area (Å²) in [6, 6.07) is 19.7. The van der Waals surface area contributed by atoms with Crippen LogP contribution in [0.1, 0.15) is 10.8 Å². The lowest BCUT2D eigenvalue weighted by Gasteiger charge is -2.20. The van der Waals surface area contributed by atoms with Gasteiger partial charge in [0.05, 0.1) is 0 Å². The average molecular weight is 379 g/mol. The molecule has 3 rings (SSSR count). The fourth-order valence-corrected chi connectivity index (χ4v) is 3.89. The summed E-state index contributed by atoms with van der Waals surface area (Å²) in [7, 11) is 3.53. The second-order valence-electron chi connectivity index (χ2n) is 6.21. The number of thioether (sulfide) groups is 1. The van der Waals surface area contributed by atoms with Gasteiger partial charge in [0.2, 0.25) is 5.91 Å². The first-order valence-corrected chi connectivity index (χ1v) is 9.52. The molecule has 0 saturated heterocycles. The van der Waals surface area contributed by atoms with Crippen molar-refractivity contribution in [1.29, 1.82) is 0 Å². The summed E-state index contributed by atoms with van der Waals surface area (Å²) in [6.45, 7) is 4.42. The average Bonchev–Trinajstić information content (AvgIpc) is 3.09. The molecule has 0 radical (unpaired) electrons. The van der Waals surface area contributed by atoms with Crippen molar-refractivity contribution in [2.75, 3.05) is 14.1 Å². The molecule has 6 heteroatoms. The quantitative estimate of drug-likeness (QED) is 0.460. The number of hydrogen-bond acceptors (Lipinski definition) is 4. The van der Waals surface area contributed by atoms with Crippen LogP contribution in [-0.4, -0.2) is 39.7 Å². The number of carbonyl (C=O) groups is 1. The molecule has 5 nitrogen and oxygen atoms in total. The van der Waals surface area contributed by atoms with Gasteiger partial charge in [0, 0.05) is 26.2 Å². The highest BCUT2D eigenvalue weighted by Gasteiger charge is 2.26. The summed E-state index contributed by atoms with van der Waals surface area (Å²) in [5.74, 6) is 0.780. The Morgan fingerprint density at radius 2 is 1.74 bits per heavy atom. The first-order chi connectivity index (χ1) is 13.1. The van der Waals surface area contributed by atoms with E-state index in [2.05, 4.69) is 16.8 Å². The van der Waals surface area contributed by atoms with Gasteiger partial charge in [-0.2, -0.15) is 0 Å². The first-order valence-electron chi connectivity index (χ1n) is 8.64. The maximum atomic E-state index is 12.8. The molecular formula is C21H22N4OS. The minimum atomic E-state index is -0.391. The van der Waals surface area contributed by atoms with Gasteiger partial charge in [-0.05, 0) is 5.56 Å². The van der Waals surface area contributed by atoms with Crippen molar-refractivity contribution in [3.05, 3.63) is 78.9 Å². The van der Waals surface area contributed by atoms with Crippen LogP contribution in [0.3, 0.4) is 0 Å². The predicted molar refractivity (Wildman–Crippen MR) is 109 cm³/mol. The lowest BCUT2D eigenvalue weighted by atomic mass is 10.1. The van der Waals surface area contributed by atoms with Gasteiger partial charge in [0.25, 0.3) is 0 Å². The minimum Gasteiger partial charge on any atom is -0.348 e. The van der Waals surface area contributed by atoms with E-state index in [1.807, 2.05) is 71.3 Å². The van der Waals surface area contributed by atoms with Crippen LogP contribution >= 0.6 is 11.8 Å². The zero-order valence-electron chi connectivity index (χ0n) is 15.4. The number of benzene rings is 2. The van der Waals surface area contributed by atoms with Gasteiger partial charge in [-0.25, -0.2) is 0 Å². The van der Waals surface area contributed by atoms with E-state index >= 15 is 0 Å². The van der Waals surface area contributed by atoms with Crippen LogP contribution < -0.4 is 0 Å². The van der Waals surface area contributed by atoms with Crippen LogP contribution in [-0.2, 0) is 11.3 Å². The van der Waals surface area contributed by atoms with Crippen molar-refractivity contribution in [3.63, 3.8) is 0 Å². The van der Waals surface area contributed by atoms with Crippen LogP contribution in [0.4, 0.5) is 0 Å². The van der Waals surface area contributed by atoms with E-state index in [9.17, 15) is 4.79 Å². The van der Waals surface area contributed by atoms with Crippen molar-refractivity contribution in [3.8, 4) is 11.4 Å². The summed E-state index contributed by atoms with van der Waals surface area (Å²) in [4.78, 5) is 14.4. The molecular weight excluding hydrogens is 356 g/mol. The zero-order valence-corrected chi connectivity index (χ0v) is 16.3. The molecule has 1 heterocycles. The van der Waals surface area contributed by atoms with E-state index in [0.29, 0.717) is 11.7 Å². The summed E-state index contributed by atoms with van der Waals surface area (Å²) in [6.07, 6.45) is 1.81. The molecule has 0 N–H and O–H groups in total. The maximum absolute atomic E-state index is 12.8. The van der Waals surface area contributed by atoms with Gasteiger partial charge in [0.1, 0.15) is 5.25 Å². The second-order valence-corrected chi connectivity index (χ2v) is 7.28. The molecule has 1 amide bonds. The molecule has 0 spiro atoms. The molecule has 138 valence electrons. The predicted octanol–water partition coefficient (Wildman–Crippen LogP) is 4.05. The van der Waals surface area contributed by atoms with Crippen molar-refractivity contribution in [2.24, 2.45) is 0 Å². The minimum absolute atomic E-state index is 0.0145. The van der Waals surface area contributed by atoms with Crippen molar-refractivity contribution >= 4 is 17.7 Å². The zero-order chi connectivity index (χ0) is 19.2. The number of nitrogens with zero attached hydrogens (tertiary/aromatic N) is 4. The summed E-state index contributed by atoms with van der Waals surface area (Å²) < 4.78 is 1.99. The SMILES string of the molecule is C=CCn1c(S[C@H](C(=O)N(C)C)c2ccccc2)nnc1-c1ccccc1. The summed E-state index contributed by atoms with van der Waals surface area (Å²) >= 11 is 1.41. The van der Waals surface area contributed by atoms with Gasteiger partial charge in [0.15, 0.2) is 11.0 Å². The second kappa shape index (κ2) is 8.68. The fourth-order valence-electron chi connectivity index (χ4n) is 2.70. The van der Waals surface area contributed by atoms with E-state index in [0.717, 1.165) is 17.0 Å². The van der Waals surface area contributed by atoms with Crippen LogP contribution in [0.15, 0.2) is 78.5 Å². The molecule has 0 bridgehead atoms. The largest absolute Gasteiger partial charge is 0.348 e. The highest BCUT2D eigenvalue weighted by atomic mass is 32.2. The number of allylic oxidation sites excluding steroid dienone is 1. The number of likely N-dealkylation sites (N-methyl/N-ethyl adjacent to an activating group) is 1.